The summed E-state index contributed by atoms with van der Waals surface area (Å²) < 4.78 is 0.815. The van der Waals surface area contributed by atoms with Crippen molar-refractivity contribution in [2.24, 2.45) is 5.92 Å². The molecule has 84 valence electrons. The summed E-state index contributed by atoms with van der Waals surface area (Å²) in [5.41, 5.74) is 1.09. The van der Waals surface area contributed by atoms with Crippen molar-refractivity contribution in [1.29, 1.82) is 0 Å². The van der Waals surface area contributed by atoms with Crippen LogP contribution >= 0.6 is 22.9 Å². The summed E-state index contributed by atoms with van der Waals surface area (Å²) in [6.07, 6.45) is 5.85. The number of halogens is 1. The van der Waals surface area contributed by atoms with E-state index in [1.54, 1.807) is 0 Å². The molecule has 3 heteroatoms. The van der Waals surface area contributed by atoms with Gasteiger partial charge in [0.05, 0.1) is 10.4 Å². The first-order valence-corrected chi connectivity index (χ1v) is 6.80. The van der Waals surface area contributed by atoms with Crippen LogP contribution in [0.2, 0.25) is 4.34 Å². The van der Waals surface area contributed by atoms with Crippen molar-refractivity contribution >= 4 is 22.9 Å². The molecule has 1 saturated carbocycles. The van der Waals surface area contributed by atoms with Gasteiger partial charge < -0.3 is 5.11 Å². The molecule has 2 rings (SSSR count). The van der Waals surface area contributed by atoms with Crippen LogP contribution in [0.1, 0.15) is 48.6 Å². The molecule has 1 aliphatic carbocycles. The molecule has 1 aromatic heterocycles. The first kappa shape index (κ1) is 11.4. The summed E-state index contributed by atoms with van der Waals surface area (Å²) in [6, 6.07) is 2.02. The van der Waals surface area contributed by atoms with Crippen molar-refractivity contribution in [3.8, 4) is 0 Å². The third-order valence-electron chi connectivity index (χ3n) is 3.24. The fourth-order valence-electron chi connectivity index (χ4n) is 2.33. The summed E-state index contributed by atoms with van der Waals surface area (Å²) >= 11 is 7.52. The van der Waals surface area contributed by atoms with E-state index in [0.29, 0.717) is 0 Å². The Morgan fingerprint density at radius 1 is 1.53 bits per heavy atom. The van der Waals surface area contributed by atoms with Crippen molar-refractivity contribution in [1.82, 2.24) is 0 Å². The lowest BCUT2D eigenvalue weighted by Gasteiger charge is -2.13. The van der Waals surface area contributed by atoms with E-state index in [4.69, 9.17) is 11.6 Å². The summed E-state index contributed by atoms with van der Waals surface area (Å²) in [6.45, 7) is 1.99. The lowest BCUT2D eigenvalue weighted by molar-refractivity contribution is 0.148. The molecule has 1 N–H and O–H groups in total. The molecule has 1 unspecified atom stereocenters. The Balaban J connectivity index is 1.97. The predicted octanol–water partition coefficient (Wildman–Crippen LogP) is 4.32. The minimum atomic E-state index is -0.302. The Morgan fingerprint density at radius 3 is 2.73 bits per heavy atom. The van der Waals surface area contributed by atoms with E-state index in [-0.39, 0.29) is 6.10 Å². The molecule has 0 bridgehead atoms. The quantitative estimate of drug-likeness (QED) is 0.840. The Morgan fingerprint density at radius 2 is 2.20 bits per heavy atom. The largest absolute Gasteiger partial charge is 0.388 e. The zero-order valence-electron chi connectivity index (χ0n) is 9.00. The van der Waals surface area contributed by atoms with Gasteiger partial charge in [-0.3, -0.25) is 0 Å². The maximum absolute atomic E-state index is 10.1. The Hall–Kier alpha value is -0.0500. The van der Waals surface area contributed by atoms with Crippen LogP contribution in [0.4, 0.5) is 0 Å². The highest BCUT2D eigenvalue weighted by molar-refractivity contribution is 7.16. The van der Waals surface area contributed by atoms with E-state index in [1.807, 2.05) is 13.0 Å². The SMILES string of the molecule is Cc1cc(C(O)CC2CCCC2)sc1Cl. The zero-order chi connectivity index (χ0) is 10.8. The molecule has 1 heterocycles. The van der Waals surface area contributed by atoms with Gasteiger partial charge in [0.1, 0.15) is 0 Å². The third kappa shape index (κ3) is 2.74. The molecule has 0 saturated heterocycles. The highest BCUT2D eigenvalue weighted by Crippen LogP contribution is 2.37. The van der Waals surface area contributed by atoms with Crippen molar-refractivity contribution < 1.29 is 5.11 Å². The maximum Gasteiger partial charge on any atom is 0.0961 e. The first-order chi connectivity index (χ1) is 7.16. The molecule has 0 aliphatic heterocycles. The lowest BCUT2D eigenvalue weighted by atomic mass is 9.99. The minimum absolute atomic E-state index is 0.302. The molecular formula is C12H17ClOS. The summed E-state index contributed by atoms with van der Waals surface area (Å²) in [7, 11) is 0. The second-order valence-electron chi connectivity index (χ2n) is 4.51. The van der Waals surface area contributed by atoms with Gasteiger partial charge in [0, 0.05) is 4.88 Å². The van der Waals surface area contributed by atoms with Gasteiger partial charge in [-0.2, -0.15) is 0 Å². The van der Waals surface area contributed by atoms with Crippen molar-refractivity contribution in [3.05, 3.63) is 20.8 Å². The van der Waals surface area contributed by atoms with Crippen molar-refractivity contribution in [3.63, 3.8) is 0 Å². The topological polar surface area (TPSA) is 20.2 Å². The van der Waals surface area contributed by atoms with Crippen LogP contribution in [-0.2, 0) is 0 Å². The van der Waals surface area contributed by atoms with Crippen LogP contribution in [-0.4, -0.2) is 5.11 Å². The third-order valence-corrected chi connectivity index (χ3v) is 4.89. The summed E-state index contributed by atoms with van der Waals surface area (Å²) in [5.74, 6) is 0.723. The molecule has 1 atom stereocenters. The van der Waals surface area contributed by atoms with E-state index in [9.17, 15) is 5.11 Å². The van der Waals surface area contributed by atoms with E-state index >= 15 is 0 Å². The van der Waals surface area contributed by atoms with Gasteiger partial charge in [-0.25, -0.2) is 0 Å². The number of rotatable bonds is 3. The standard InChI is InChI=1S/C12H17ClOS/c1-8-6-11(15-12(8)13)10(14)7-9-4-2-3-5-9/h6,9-10,14H,2-5,7H2,1H3. The average Bonchev–Trinajstić information content (AvgIpc) is 2.78. The zero-order valence-corrected chi connectivity index (χ0v) is 10.6. The van der Waals surface area contributed by atoms with Gasteiger partial charge in [-0.15, -0.1) is 11.3 Å². The van der Waals surface area contributed by atoms with Gasteiger partial charge in [-0.05, 0) is 30.9 Å². The van der Waals surface area contributed by atoms with Crippen LogP contribution in [0, 0.1) is 12.8 Å². The van der Waals surface area contributed by atoms with Crippen LogP contribution in [0.15, 0.2) is 6.07 Å². The molecule has 1 aliphatic rings. The lowest BCUT2D eigenvalue weighted by Crippen LogP contribution is -2.02. The van der Waals surface area contributed by atoms with Gasteiger partial charge in [0.15, 0.2) is 0 Å². The summed E-state index contributed by atoms with van der Waals surface area (Å²) in [5, 5.41) is 10.1. The summed E-state index contributed by atoms with van der Waals surface area (Å²) in [4.78, 5) is 1.03. The molecule has 0 amide bonds. The fraction of sp³-hybridized carbons (Fsp3) is 0.667. The van der Waals surface area contributed by atoms with E-state index in [2.05, 4.69) is 0 Å². The van der Waals surface area contributed by atoms with Crippen LogP contribution < -0.4 is 0 Å². The Kier molecular flexibility index (Phi) is 3.70. The molecular weight excluding hydrogens is 228 g/mol. The second kappa shape index (κ2) is 4.86. The number of aryl methyl sites for hydroxylation is 1. The number of thiophene rings is 1. The molecule has 1 aromatic rings. The number of aliphatic hydroxyl groups excluding tert-OH is 1. The molecule has 1 fully saturated rings. The van der Waals surface area contributed by atoms with Gasteiger partial charge in [0.2, 0.25) is 0 Å². The Labute approximate surface area is 100 Å². The Bertz CT molecular complexity index is 309. The predicted molar refractivity (Wildman–Crippen MR) is 65.6 cm³/mol. The van der Waals surface area contributed by atoms with Crippen molar-refractivity contribution in [2.45, 2.75) is 45.1 Å². The van der Waals surface area contributed by atoms with Gasteiger partial charge in [0.25, 0.3) is 0 Å². The second-order valence-corrected chi connectivity index (χ2v) is 6.19. The first-order valence-electron chi connectivity index (χ1n) is 5.60. The maximum atomic E-state index is 10.1. The smallest absolute Gasteiger partial charge is 0.0961 e. The van der Waals surface area contributed by atoms with Crippen LogP contribution in [0.5, 0.6) is 0 Å². The number of hydrogen-bond acceptors (Lipinski definition) is 2. The van der Waals surface area contributed by atoms with E-state index < -0.39 is 0 Å². The number of hydrogen-bond donors (Lipinski definition) is 1. The van der Waals surface area contributed by atoms with Crippen LogP contribution in [0.3, 0.4) is 0 Å². The molecule has 0 spiro atoms. The molecule has 15 heavy (non-hydrogen) atoms. The van der Waals surface area contributed by atoms with Crippen LogP contribution in [0.25, 0.3) is 0 Å². The minimum Gasteiger partial charge on any atom is -0.388 e. The van der Waals surface area contributed by atoms with Crippen molar-refractivity contribution in [2.75, 3.05) is 0 Å². The van der Waals surface area contributed by atoms with Gasteiger partial charge >= 0.3 is 0 Å². The molecule has 0 radical (unpaired) electrons. The normalized spacial score (nSPS) is 19.7. The van der Waals surface area contributed by atoms with Gasteiger partial charge in [-0.1, -0.05) is 37.3 Å². The average molecular weight is 245 g/mol. The monoisotopic (exact) mass is 244 g/mol. The van der Waals surface area contributed by atoms with E-state index in [1.165, 1.54) is 37.0 Å². The van der Waals surface area contributed by atoms with E-state index in [0.717, 1.165) is 27.1 Å². The highest BCUT2D eigenvalue weighted by atomic mass is 35.5. The fourth-order valence-corrected chi connectivity index (χ4v) is 3.54. The molecule has 0 aromatic carbocycles. The number of aliphatic hydroxyl groups is 1. The highest BCUT2D eigenvalue weighted by Gasteiger charge is 2.21. The molecule has 1 nitrogen and oxygen atoms in total.